The molecule has 4 nitrogen and oxygen atoms in total. The number of pyridine rings is 1. The summed E-state index contributed by atoms with van der Waals surface area (Å²) in [6.45, 7) is 8.22. The van der Waals surface area contributed by atoms with Gasteiger partial charge in [0.25, 0.3) is 0 Å². The van der Waals surface area contributed by atoms with E-state index in [4.69, 9.17) is 21.4 Å². The number of imidazole rings is 1. The number of nitrogens with zero attached hydrogens (tertiary/aromatic N) is 3. The second-order valence-corrected chi connectivity index (χ2v) is 14.5. The quantitative estimate of drug-likeness (QED) is 0.147. The molecule has 0 unspecified atom stereocenters. The Morgan fingerprint density at radius 3 is 2.14 bits per heavy atom. The summed E-state index contributed by atoms with van der Waals surface area (Å²) in [5.41, 5.74) is 4.87. The number of fused-ring (bicyclic) bond motifs is 1. The smallest absolute Gasteiger partial charge is 0.148 e. The average Bonchev–Trinajstić information content (AvgIpc) is 3.68. The number of rotatable bonds is 9. The standard InChI is InChI=1S/C52H48N3O.Pt/c1-32(2)39-28-40(30-41(29-39)46-31-37(25-26-53-46)36-15-9-8-10-16-36)44-20-14-21-48-51(44)54-52(45-17-11-12-22-49(45)56)55(48)47-24-23-38(27-35(47)7)50-42(33(3)4)18-13-19-43(50)34(5)6;/h8-29,31-34,56H,1-7H3;/q-1;/i7D3,8D,9D,10D,15D,16D,25D,26D,31D,33D,34D;. The van der Waals surface area contributed by atoms with Crippen LogP contribution in [0.1, 0.15) is 99.3 Å². The minimum Gasteiger partial charge on any atom is -0.507 e. The molecule has 0 aliphatic heterocycles. The van der Waals surface area contributed by atoms with E-state index < -0.39 is 72.7 Å². The molecule has 0 radical (unpaired) electrons. The van der Waals surface area contributed by atoms with Gasteiger partial charge in [-0.25, -0.2) is 4.98 Å². The molecule has 6 aromatic carbocycles. The third-order valence-corrected chi connectivity index (χ3v) is 9.94. The number of para-hydroxylation sites is 2. The summed E-state index contributed by atoms with van der Waals surface area (Å²) in [6, 6.07) is 25.3. The van der Waals surface area contributed by atoms with Crippen molar-refractivity contribution < 1.29 is 44.0 Å². The second kappa shape index (κ2) is 16.5. The molecule has 0 amide bonds. The van der Waals surface area contributed by atoms with Gasteiger partial charge in [0.05, 0.1) is 33.3 Å². The number of hydrogen-bond acceptors (Lipinski definition) is 3. The molecule has 288 valence electrons. The molecule has 0 bridgehead atoms. The number of aryl methyl sites for hydroxylation is 1. The van der Waals surface area contributed by atoms with Gasteiger partial charge in [-0.15, -0.1) is 29.3 Å². The first kappa shape index (κ1) is 26.4. The van der Waals surface area contributed by atoms with Gasteiger partial charge < -0.3 is 5.11 Å². The minimum absolute atomic E-state index is 0. The Hall–Kier alpha value is -5.57. The Bertz CT molecular complexity index is 3330. The first-order valence-electron chi connectivity index (χ1n) is 24.9. The van der Waals surface area contributed by atoms with Gasteiger partial charge in [-0.2, -0.15) is 0 Å². The van der Waals surface area contributed by atoms with E-state index in [9.17, 15) is 6.48 Å². The van der Waals surface area contributed by atoms with Crippen molar-refractivity contribution in [1.29, 1.82) is 0 Å². The monoisotopic (exact) mass is 938 g/mol. The molecule has 1 N–H and O–H groups in total. The molecule has 2 aromatic heterocycles. The molecular formula is C52H48N3OPt-. The van der Waals surface area contributed by atoms with Crippen LogP contribution in [0.15, 0.2) is 139 Å². The molecule has 0 saturated heterocycles. The van der Waals surface area contributed by atoms with E-state index in [1.807, 2.05) is 38.1 Å². The number of aromatic hydroxyl groups is 1. The number of phenols is 1. The first-order chi connectivity index (χ1) is 32.2. The van der Waals surface area contributed by atoms with Crippen LogP contribution in [0, 0.1) is 12.9 Å². The van der Waals surface area contributed by atoms with Crippen LogP contribution < -0.4 is 0 Å². The van der Waals surface area contributed by atoms with E-state index in [2.05, 4.69) is 11.1 Å². The van der Waals surface area contributed by atoms with Crippen LogP contribution in [0.25, 0.3) is 72.7 Å². The molecule has 8 rings (SSSR count). The normalized spacial score (nSPS) is 15.3. The third-order valence-electron chi connectivity index (χ3n) is 9.94. The summed E-state index contributed by atoms with van der Waals surface area (Å²) in [7, 11) is 0. The zero-order valence-electron chi connectivity index (χ0n) is 45.3. The Kier molecular flexibility index (Phi) is 7.63. The van der Waals surface area contributed by atoms with Gasteiger partial charge in [0.2, 0.25) is 0 Å². The van der Waals surface area contributed by atoms with Gasteiger partial charge in [-0.3, -0.25) is 9.55 Å². The molecule has 0 aliphatic carbocycles. The van der Waals surface area contributed by atoms with Crippen LogP contribution in [0.4, 0.5) is 0 Å². The van der Waals surface area contributed by atoms with Crippen molar-refractivity contribution in [3.05, 3.63) is 168 Å². The third kappa shape index (κ3) is 7.64. The van der Waals surface area contributed by atoms with Crippen molar-refractivity contribution in [2.45, 2.75) is 66.1 Å². The van der Waals surface area contributed by atoms with Crippen LogP contribution in [0.3, 0.4) is 0 Å². The number of hydrogen-bond donors (Lipinski definition) is 1. The molecule has 0 fully saturated rings. The van der Waals surface area contributed by atoms with E-state index in [0.29, 0.717) is 50.0 Å². The fraction of sp³-hybridized carbons (Fsp3) is 0.192. The van der Waals surface area contributed by atoms with E-state index in [1.54, 1.807) is 92.9 Å². The maximum atomic E-state index is 11.4. The SMILES string of the molecule is [2H]c1nc(-c2[c-]c(-c3cccc4c3nc(-c3ccccc3O)n4-c3ccc(-c4c(C([2H])(C)C)cccc4C([2H])(C)C)cc3C([2H])([2H])[2H])cc(C(C)C)c2)c([2H])c(-c2c([2H])c([2H])c([2H])c([2H])c2[2H])c1[2H].[Pt]. The zero-order chi connectivity index (χ0) is 50.4. The predicted octanol–water partition coefficient (Wildman–Crippen LogP) is 13.9. The van der Waals surface area contributed by atoms with Crippen molar-refractivity contribution in [2.75, 3.05) is 0 Å². The average molecular weight is 939 g/mol. The van der Waals surface area contributed by atoms with Gasteiger partial charge >= 0.3 is 0 Å². The predicted molar refractivity (Wildman–Crippen MR) is 234 cm³/mol. The summed E-state index contributed by atoms with van der Waals surface area (Å²) in [5.74, 6) is -2.21. The van der Waals surface area contributed by atoms with Crippen molar-refractivity contribution >= 4 is 11.0 Å². The van der Waals surface area contributed by atoms with Gasteiger partial charge in [0.15, 0.2) is 0 Å². The van der Waals surface area contributed by atoms with Gasteiger partial charge in [0.1, 0.15) is 11.6 Å². The molecule has 0 saturated carbocycles. The molecule has 0 atom stereocenters. The molecule has 5 heteroatoms. The van der Waals surface area contributed by atoms with E-state index in [1.165, 1.54) is 6.07 Å². The van der Waals surface area contributed by atoms with E-state index >= 15 is 0 Å². The zero-order valence-corrected chi connectivity index (χ0v) is 34.6. The maximum absolute atomic E-state index is 11.4. The molecule has 57 heavy (non-hydrogen) atoms. The van der Waals surface area contributed by atoms with Crippen LogP contribution in [-0.2, 0) is 21.1 Å². The topological polar surface area (TPSA) is 50.9 Å². The van der Waals surface area contributed by atoms with Crippen LogP contribution >= 0.6 is 0 Å². The fourth-order valence-electron chi connectivity index (χ4n) is 7.13. The van der Waals surface area contributed by atoms with Crippen molar-refractivity contribution in [3.8, 4) is 67.5 Å². The van der Waals surface area contributed by atoms with Crippen LogP contribution in [0.5, 0.6) is 5.75 Å². The molecule has 8 aromatic rings. The molecule has 2 heterocycles. The number of phenolic OH excluding ortho intramolecular Hbond substituents is 1. The number of benzene rings is 6. The molecule has 0 aliphatic rings. The number of aromatic nitrogens is 3. The van der Waals surface area contributed by atoms with E-state index in [-0.39, 0.29) is 66.6 Å². The van der Waals surface area contributed by atoms with Crippen molar-refractivity contribution in [3.63, 3.8) is 0 Å². The Balaban J connectivity index is 0.00000722. The first-order valence-corrected chi connectivity index (χ1v) is 18.4. The Morgan fingerprint density at radius 1 is 0.737 bits per heavy atom. The Labute approximate surface area is 369 Å². The second-order valence-electron chi connectivity index (χ2n) is 14.5. The van der Waals surface area contributed by atoms with Crippen LogP contribution in [-0.4, -0.2) is 19.6 Å². The van der Waals surface area contributed by atoms with Gasteiger partial charge in [-0.05, 0) is 99.9 Å². The van der Waals surface area contributed by atoms with Crippen molar-refractivity contribution in [2.24, 2.45) is 0 Å². The summed E-state index contributed by atoms with van der Waals surface area (Å²) in [6.07, 6.45) is -0.580. The fourth-order valence-corrected chi connectivity index (χ4v) is 7.13. The maximum Gasteiger partial charge on any atom is 0.148 e. The molecule has 0 spiro atoms. The van der Waals surface area contributed by atoms with Crippen LogP contribution in [0.2, 0.25) is 0 Å². The summed E-state index contributed by atoms with van der Waals surface area (Å²) in [5, 5.41) is 11.4. The van der Waals surface area contributed by atoms with Crippen molar-refractivity contribution in [1.82, 2.24) is 14.5 Å². The van der Waals surface area contributed by atoms with E-state index in [0.717, 1.165) is 5.56 Å². The van der Waals surface area contributed by atoms with Gasteiger partial charge in [-0.1, -0.05) is 137 Å². The summed E-state index contributed by atoms with van der Waals surface area (Å²) in [4.78, 5) is 9.50. The molecular weight excluding hydrogens is 878 g/mol. The summed E-state index contributed by atoms with van der Waals surface area (Å²) >= 11 is 0. The summed E-state index contributed by atoms with van der Waals surface area (Å²) < 4.78 is 115. The minimum atomic E-state index is -2.70. The Morgan fingerprint density at radius 2 is 1.44 bits per heavy atom. The van der Waals surface area contributed by atoms with Gasteiger partial charge in [0, 0.05) is 39.8 Å². The largest absolute Gasteiger partial charge is 0.507 e.